The fourth-order valence-electron chi connectivity index (χ4n) is 3.22. The van der Waals surface area contributed by atoms with Crippen LogP contribution in [-0.4, -0.2) is 35.8 Å². The van der Waals surface area contributed by atoms with Crippen LogP contribution in [0.2, 0.25) is 0 Å². The van der Waals surface area contributed by atoms with Gasteiger partial charge in [-0.15, -0.1) is 0 Å². The van der Waals surface area contributed by atoms with Gasteiger partial charge in [-0.05, 0) is 37.1 Å². The highest BCUT2D eigenvalue weighted by Crippen LogP contribution is 2.32. The van der Waals surface area contributed by atoms with E-state index < -0.39 is 29.4 Å². The van der Waals surface area contributed by atoms with Gasteiger partial charge in [-0.25, -0.2) is 4.39 Å². The average Bonchev–Trinajstić information content (AvgIpc) is 2.67. The molecule has 0 bridgehead atoms. The molecule has 1 heterocycles. The quantitative estimate of drug-likeness (QED) is 0.804. The van der Waals surface area contributed by atoms with Crippen LogP contribution in [0.3, 0.4) is 0 Å². The van der Waals surface area contributed by atoms with Crippen LogP contribution in [0, 0.1) is 5.82 Å². The maximum absolute atomic E-state index is 13.7. The number of nitrogens with one attached hydrogen (secondary N) is 1. The second kappa shape index (κ2) is 8.00. The molecule has 0 saturated carbocycles. The number of halogens is 4. The van der Waals surface area contributed by atoms with Gasteiger partial charge in [0.15, 0.2) is 0 Å². The predicted octanol–water partition coefficient (Wildman–Crippen LogP) is 3.88. The highest BCUT2D eigenvalue weighted by molar-refractivity contribution is 5.96. The first-order chi connectivity index (χ1) is 13.3. The van der Waals surface area contributed by atoms with E-state index in [0.717, 1.165) is 12.1 Å². The largest absolute Gasteiger partial charge is 0.417 e. The molecular weight excluding hydrogens is 376 g/mol. The van der Waals surface area contributed by atoms with Gasteiger partial charge in [0, 0.05) is 19.1 Å². The summed E-state index contributed by atoms with van der Waals surface area (Å²) in [6.07, 6.45) is -3.86. The minimum Gasteiger partial charge on any atom is -0.349 e. The number of likely N-dealkylation sites (tertiary alicyclic amines) is 1. The van der Waals surface area contributed by atoms with E-state index in [4.69, 9.17) is 0 Å². The molecule has 148 valence electrons. The molecule has 4 nitrogen and oxygen atoms in total. The first kappa shape index (κ1) is 19.9. The molecule has 0 radical (unpaired) electrons. The topological polar surface area (TPSA) is 49.4 Å². The van der Waals surface area contributed by atoms with Crippen LogP contribution in [0.5, 0.6) is 0 Å². The summed E-state index contributed by atoms with van der Waals surface area (Å²) in [4.78, 5) is 26.1. The number of hydrogen-bond acceptors (Lipinski definition) is 2. The summed E-state index contributed by atoms with van der Waals surface area (Å²) >= 11 is 0. The Balaban J connectivity index is 1.62. The van der Waals surface area contributed by atoms with Crippen molar-refractivity contribution < 1.29 is 27.2 Å². The van der Waals surface area contributed by atoms with Crippen LogP contribution in [0.4, 0.5) is 17.6 Å². The van der Waals surface area contributed by atoms with E-state index in [-0.39, 0.29) is 30.3 Å². The molecular formula is C20H18F4N2O2. The van der Waals surface area contributed by atoms with E-state index in [1.807, 2.05) is 0 Å². The van der Waals surface area contributed by atoms with Gasteiger partial charge >= 0.3 is 6.18 Å². The van der Waals surface area contributed by atoms with Gasteiger partial charge in [-0.2, -0.15) is 13.2 Å². The van der Waals surface area contributed by atoms with Crippen molar-refractivity contribution in [2.24, 2.45) is 0 Å². The Morgan fingerprint density at radius 1 is 0.929 bits per heavy atom. The highest BCUT2D eigenvalue weighted by Gasteiger charge is 2.36. The number of hydrogen-bond donors (Lipinski definition) is 1. The van der Waals surface area contributed by atoms with Crippen molar-refractivity contribution in [3.8, 4) is 0 Å². The van der Waals surface area contributed by atoms with E-state index in [1.165, 1.54) is 35.2 Å². The van der Waals surface area contributed by atoms with Crippen molar-refractivity contribution in [1.82, 2.24) is 10.2 Å². The zero-order valence-electron chi connectivity index (χ0n) is 14.8. The number of carbonyl (C=O) groups is 2. The number of piperidine rings is 1. The summed E-state index contributed by atoms with van der Waals surface area (Å²) in [6, 6.07) is 9.99. The highest BCUT2D eigenvalue weighted by atomic mass is 19.4. The summed E-state index contributed by atoms with van der Waals surface area (Å²) in [5.41, 5.74) is -1.42. The molecule has 2 amide bonds. The van der Waals surface area contributed by atoms with Crippen molar-refractivity contribution in [3.05, 3.63) is 71.0 Å². The molecule has 2 aromatic rings. The molecule has 3 rings (SSSR count). The third-order valence-corrected chi connectivity index (χ3v) is 4.70. The standard InChI is InChI=1S/C20H18F4N2O2/c21-17-8-4-2-6-15(17)18(27)25-13-9-11-26(12-10-13)19(28)14-5-1-3-7-16(14)20(22,23)24/h1-8,13H,9-12H2,(H,25,27). The second-order valence-electron chi connectivity index (χ2n) is 6.56. The van der Waals surface area contributed by atoms with Gasteiger partial charge in [0.05, 0.1) is 16.7 Å². The summed E-state index contributed by atoms with van der Waals surface area (Å²) in [7, 11) is 0. The Bertz CT molecular complexity index is 875. The van der Waals surface area contributed by atoms with Crippen LogP contribution in [0.25, 0.3) is 0 Å². The number of benzene rings is 2. The smallest absolute Gasteiger partial charge is 0.349 e. The molecule has 0 atom stereocenters. The van der Waals surface area contributed by atoms with Crippen molar-refractivity contribution in [3.63, 3.8) is 0 Å². The summed E-state index contributed by atoms with van der Waals surface area (Å²) in [5.74, 6) is -1.87. The Morgan fingerprint density at radius 2 is 1.50 bits per heavy atom. The van der Waals surface area contributed by atoms with E-state index in [2.05, 4.69) is 5.32 Å². The molecule has 8 heteroatoms. The Labute approximate surface area is 159 Å². The molecule has 1 fully saturated rings. The van der Waals surface area contributed by atoms with Gasteiger partial charge in [-0.3, -0.25) is 9.59 Å². The fraction of sp³-hybridized carbons (Fsp3) is 0.300. The number of rotatable bonds is 3. The molecule has 2 aromatic carbocycles. The SMILES string of the molecule is O=C(NC1CCN(C(=O)c2ccccc2C(F)(F)F)CC1)c1ccccc1F. The molecule has 0 aliphatic carbocycles. The Kier molecular flexibility index (Phi) is 5.67. The van der Waals surface area contributed by atoms with Crippen molar-refractivity contribution in [1.29, 1.82) is 0 Å². The number of nitrogens with zero attached hydrogens (tertiary/aromatic N) is 1. The fourth-order valence-corrected chi connectivity index (χ4v) is 3.22. The van der Waals surface area contributed by atoms with Crippen LogP contribution in [0.15, 0.2) is 48.5 Å². The van der Waals surface area contributed by atoms with Gasteiger partial charge in [0.1, 0.15) is 5.82 Å². The van der Waals surface area contributed by atoms with Crippen LogP contribution < -0.4 is 5.32 Å². The molecule has 1 N–H and O–H groups in total. The third-order valence-electron chi connectivity index (χ3n) is 4.70. The Morgan fingerprint density at radius 3 is 2.11 bits per heavy atom. The summed E-state index contributed by atoms with van der Waals surface area (Å²) in [5, 5.41) is 2.71. The zero-order valence-corrected chi connectivity index (χ0v) is 14.8. The number of amides is 2. The maximum Gasteiger partial charge on any atom is 0.417 e. The lowest BCUT2D eigenvalue weighted by molar-refractivity contribution is -0.138. The monoisotopic (exact) mass is 394 g/mol. The first-order valence-corrected chi connectivity index (χ1v) is 8.78. The number of carbonyl (C=O) groups excluding carboxylic acids is 2. The van der Waals surface area contributed by atoms with Crippen molar-refractivity contribution in [2.45, 2.75) is 25.1 Å². The van der Waals surface area contributed by atoms with Gasteiger partial charge in [0.2, 0.25) is 0 Å². The molecule has 0 unspecified atom stereocenters. The van der Waals surface area contributed by atoms with E-state index in [0.29, 0.717) is 12.8 Å². The molecule has 0 spiro atoms. The van der Waals surface area contributed by atoms with Gasteiger partial charge in [-0.1, -0.05) is 24.3 Å². The number of alkyl halides is 3. The minimum absolute atomic E-state index is 0.0693. The Hall–Kier alpha value is -2.90. The van der Waals surface area contributed by atoms with Crippen LogP contribution >= 0.6 is 0 Å². The molecule has 1 aliphatic heterocycles. The lowest BCUT2D eigenvalue weighted by Crippen LogP contribution is -2.47. The normalized spacial score (nSPS) is 15.4. The van der Waals surface area contributed by atoms with Crippen LogP contribution in [0.1, 0.15) is 39.1 Å². The molecule has 0 aromatic heterocycles. The van der Waals surface area contributed by atoms with Gasteiger partial charge in [0.25, 0.3) is 11.8 Å². The maximum atomic E-state index is 13.7. The molecule has 1 aliphatic rings. The third kappa shape index (κ3) is 4.32. The summed E-state index contributed by atoms with van der Waals surface area (Å²) in [6.45, 7) is 0.403. The molecule has 28 heavy (non-hydrogen) atoms. The summed E-state index contributed by atoms with van der Waals surface area (Å²) < 4.78 is 53.1. The van der Waals surface area contributed by atoms with E-state index in [1.54, 1.807) is 6.07 Å². The minimum atomic E-state index is -4.61. The van der Waals surface area contributed by atoms with Crippen molar-refractivity contribution >= 4 is 11.8 Å². The average molecular weight is 394 g/mol. The second-order valence-corrected chi connectivity index (χ2v) is 6.56. The predicted molar refractivity (Wildman–Crippen MR) is 94.2 cm³/mol. The lowest BCUT2D eigenvalue weighted by Gasteiger charge is -2.33. The van der Waals surface area contributed by atoms with Crippen molar-refractivity contribution in [2.75, 3.05) is 13.1 Å². The van der Waals surface area contributed by atoms with Crippen LogP contribution in [-0.2, 0) is 6.18 Å². The van der Waals surface area contributed by atoms with E-state index in [9.17, 15) is 27.2 Å². The van der Waals surface area contributed by atoms with Gasteiger partial charge < -0.3 is 10.2 Å². The van der Waals surface area contributed by atoms with E-state index >= 15 is 0 Å². The molecule has 1 saturated heterocycles. The lowest BCUT2D eigenvalue weighted by atomic mass is 10.0. The zero-order chi connectivity index (χ0) is 20.3. The first-order valence-electron chi connectivity index (χ1n) is 8.78.